The van der Waals surface area contributed by atoms with Crippen molar-refractivity contribution in [2.75, 3.05) is 6.54 Å². The van der Waals surface area contributed by atoms with Gasteiger partial charge in [0.2, 0.25) is 5.91 Å². The molecule has 1 aromatic carbocycles. The van der Waals surface area contributed by atoms with Gasteiger partial charge in [-0.25, -0.2) is 0 Å². The van der Waals surface area contributed by atoms with Gasteiger partial charge in [0, 0.05) is 24.4 Å². The number of piperidine rings is 1. The van der Waals surface area contributed by atoms with Crippen molar-refractivity contribution in [1.29, 1.82) is 0 Å². The summed E-state index contributed by atoms with van der Waals surface area (Å²) >= 11 is 3.75. The lowest BCUT2D eigenvalue weighted by molar-refractivity contribution is -0.132. The molecule has 29 heavy (non-hydrogen) atoms. The fraction of sp³-hybridized carbons (Fsp3) is 0.391. The highest BCUT2D eigenvalue weighted by molar-refractivity contribution is 9.11. The smallest absolute Gasteiger partial charge is 0.308 e. The summed E-state index contributed by atoms with van der Waals surface area (Å²) in [5, 5.41) is 3.67. The van der Waals surface area contributed by atoms with Crippen molar-refractivity contribution in [2.45, 2.75) is 51.6 Å². The number of hydrogen-bond donors (Lipinski definition) is 1. The lowest BCUT2D eigenvalue weighted by atomic mass is 9.86. The predicted molar refractivity (Wildman–Crippen MR) is 115 cm³/mol. The number of ether oxygens (including phenoxy) is 1. The van der Waals surface area contributed by atoms with Gasteiger partial charge in [0.25, 0.3) is 0 Å². The Bertz CT molecular complexity index is 947. The van der Waals surface area contributed by atoms with Gasteiger partial charge in [-0.05, 0) is 71.5 Å². The number of esters is 1. The van der Waals surface area contributed by atoms with Crippen molar-refractivity contribution in [1.82, 2.24) is 10.2 Å². The third kappa shape index (κ3) is 4.17. The van der Waals surface area contributed by atoms with Crippen molar-refractivity contribution in [3.8, 4) is 5.75 Å². The topological polar surface area (TPSA) is 58.6 Å². The Morgan fingerprint density at radius 2 is 2.17 bits per heavy atom. The third-order valence-corrected chi connectivity index (χ3v) is 6.31. The summed E-state index contributed by atoms with van der Waals surface area (Å²) in [6.07, 6.45) is 7.60. The summed E-state index contributed by atoms with van der Waals surface area (Å²) in [5.74, 6) is 0.436. The van der Waals surface area contributed by atoms with Gasteiger partial charge in [-0.3, -0.25) is 9.59 Å². The van der Waals surface area contributed by atoms with Crippen LogP contribution in [-0.4, -0.2) is 29.4 Å². The highest BCUT2D eigenvalue weighted by Gasteiger charge is 2.38. The zero-order valence-electron chi connectivity index (χ0n) is 16.7. The van der Waals surface area contributed by atoms with Crippen LogP contribution in [0.3, 0.4) is 0 Å². The van der Waals surface area contributed by atoms with Gasteiger partial charge < -0.3 is 15.0 Å². The highest BCUT2D eigenvalue weighted by Crippen LogP contribution is 2.40. The van der Waals surface area contributed by atoms with E-state index in [-0.39, 0.29) is 24.0 Å². The van der Waals surface area contributed by atoms with E-state index < -0.39 is 0 Å². The van der Waals surface area contributed by atoms with Crippen LogP contribution in [0.1, 0.15) is 51.1 Å². The first kappa shape index (κ1) is 20.0. The van der Waals surface area contributed by atoms with Crippen LogP contribution in [-0.2, 0) is 9.59 Å². The number of hydrogen-bond acceptors (Lipinski definition) is 4. The Balaban J connectivity index is 1.73. The molecule has 4 rings (SSSR count). The van der Waals surface area contributed by atoms with Crippen molar-refractivity contribution >= 4 is 27.8 Å². The molecular weight excluding hydrogens is 432 g/mol. The Hall–Kier alpha value is -2.34. The number of amides is 1. The van der Waals surface area contributed by atoms with E-state index in [4.69, 9.17) is 4.74 Å². The van der Waals surface area contributed by atoms with Crippen LogP contribution in [0.2, 0.25) is 0 Å². The summed E-state index contributed by atoms with van der Waals surface area (Å²) in [5.41, 5.74) is 4.54. The number of allylic oxidation sites excluding steroid dienone is 4. The molecule has 5 nitrogen and oxygen atoms in total. The fourth-order valence-corrected chi connectivity index (χ4v) is 5.10. The van der Waals surface area contributed by atoms with E-state index in [9.17, 15) is 9.59 Å². The lowest BCUT2D eigenvalue weighted by Gasteiger charge is -2.40. The minimum Gasteiger partial charge on any atom is -0.427 e. The van der Waals surface area contributed by atoms with Crippen molar-refractivity contribution in [3.05, 3.63) is 63.3 Å². The minimum atomic E-state index is -0.334. The number of rotatable bonds is 3. The number of carbonyl (C=O) groups excluding carboxylic acids is 2. The maximum atomic E-state index is 12.6. The number of carbonyl (C=O) groups is 2. The summed E-state index contributed by atoms with van der Waals surface area (Å²) < 4.78 is 6.29. The molecule has 0 radical (unpaired) electrons. The van der Waals surface area contributed by atoms with Crippen LogP contribution in [0.5, 0.6) is 5.75 Å². The first-order chi connectivity index (χ1) is 13.9. The van der Waals surface area contributed by atoms with Crippen LogP contribution < -0.4 is 10.1 Å². The standard InChI is InChI=1S/C23H25BrN2O3/c1-14-8-9-18-21(26-10-4-7-22(26)28)13-20(25-23(18)19(24)11-14)16-5-3-6-17(12-16)29-15(2)27/h3,5-6,9,11-12,20-21,25H,4,7-8,10,13H2,1-2H3. The molecule has 2 heterocycles. The second kappa shape index (κ2) is 8.19. The number of benzene rings is 1. The lowest BCUT2D eigenvalue weighted by Crippen LogP contribution is -2.46. The van der Waals surface area contributed by atoms with Gasteiger partial charge in [-0.15, -0.1) is 0 Å². The molecule has 2 saturated heterocycles. The van der Waals surface area contributed by atoms with Crippen LogP contribution >= 0.6 is 15.9 Å². The summed E-state index contributed by atoms with van der Waals surface area (Å²) in [4.78, 5) is 26.0. The molecule has 0 bridgehead atoms. The van der Waals surface area contributed by atoms with E-state index in [1.165, 1.54) is 18.1 Å². The van der Waals surface area contributed by atoms with E-state index >= 15 is 0 Å². The molecule has 0 aromatic heterocycles. The minimum absolute atomic E-state index is 0.00964. The zero-order chi connectivity index (χ0) is 20.5. The monoisotopic (exact) mass is 456 g/mol. The van der Waals surface area contributed by atoms with E-state index in [1.54, 1.807) is 6.07 Å². The molecular formula is C23H25BrN2O3. The third-order valence-electron chi connectivity index (χ3n) is 5.69. The quantitative estimate of drug-likeness (QED) is 0.536. The molecule has 0 saturated carbocycles. The molecule has 2 aliphatic heterocycles. The van der Waals surface area contributed by atoms with Gasteiger partial charge >= 0.3 is 5.97 Å². The summed E-state index contributed by atoms with van der Waals surface area (Å²) in [7, 11) is 0. The van der Waals surface area contributed by atoms with Gasteiger partial charge in [-0.1, -0.05) is 23.8 Å². The Kier molecular flexibility index (Phi) is 5.63. The highest BCUT2D eigenvalue weighted by atomic mass is 79.9. The first-order valence-corrected chi connectivity index (χ1v) is 10.8. The molecule has 1 amide bonds. The molecule has 0 spiro atoms. The number of nitrogens with one attached hydrogen (secondary N) is 1. The summed E-state index contributed by atoms with van der Waals surface area (Å²) in [6.45, 7) is 4.32. The maximum Gasteiger partial charge on any atom is 0.308 e. The van der Waals surface area contributed by atoms with Gasteiger partial charge in [0.1, 0.15) is 5.75 Å². The van der Waals surface area contributed by atoms with Gasteiger partial charge in [0.15, 0.2) is 0 Å². The molecule has 152 valence electrons. The SMILES string of the molecule is CC(=O)Oc1cccc(C2CC(N3CCCC3=O)C3=CCC(C)=CC(Br)=C3N2)c1. The Labute approximate surface area is 179 Å². The fourth-order valence-electron chi connectivity index (χ4n) is 4.37. The van der Waals surface area contributed by atoms with Crippen LogP contribution in [0.4, 0.5) is 0 Å². The molecule has 2 atom stereocenters. The normalized spacial score (nSPS) is 24.4. The maximum absolute atomic E-state index is 12.6. The molecule has 1 N–H and O–H groups in total. The molecule has 3 aliphatic rings. The van der Waals surface area contributed by atoms with Gasteiger partial charge in [-0.2, -0.15) is 0 Å². The molecule has 1 aromatic rings. The number of likely N-dealkylation sites (tertiary alicyclic amines) is 1. The average Bonchev–Trinajstić information content (AvgIpc) is 3.04. The predicted octanol–water partition coefficient (Wildman–Crippen LogP) is 4.52. The summed E-state index contributed by atoms with van der Waals surface area (Å²) in [6, 6.07) is 7.67. The second-order valence-corrected chi connectivity index (χ2v) is 8.74. The van der Waals surface area contributed by atoms with Crippen LogP contribution in [0.25, 0.3) is 0 Å². The second-order valence-electron chi connectivity index (χ2n) is 7.88. The first-order valence-electron chi connectivity index (χ1n) is 10.0. The number of halogens is 1. The Morgan fingerprint density at radius 1 is 1.34 bits per heavy atom. The molecule has 6 heteroatoms. The van der Waals surface area contributed by atoms with Crippen LogP contribution in [0, 0.1) is 0 Å². The molecule has 2 fully saturated rings. The number of fused-ring (bicyclic) bond motifs is 1. The average molecular weight is 457 g/mol. The van der Waals surface area contributed by atoms with E-state index in [0.29, 0.717) is 12.2 Å². The Morgan fingerprint density at radius 3 is 2.90 bits per heavy atom. The van der Waals surface area contributed by atoms with Gasteiger partial charge in [0.05, 0.1) is 17.8 Å². The number of nitrogens with zero attached hydrogens (tertiary/aromatic N) is 1. The largest absolute Gasteiger partial charge is 0.427 e. The molecule has 1 aliphatic carbocycles. The zero-order valence-corrected chi connectivity index (χ0v) is 18.3. The molecule has 2 unspecified atom stereocenters. The van der Waals surface area contributed by atoms with E-state index in [1.807, 2.05) is 23.1 Å². The van der Waals surface area contributed by atoms with Crippen molar-refractivity contribution in [2.24, 2.45) is 0 Å². The van der Waals surface area contributed by atoms with Crippen molar-refractivity contribution < 1.29 is 14.3 Å². The van der Waals surface area contributed by atoms with E-state index in [2.05, 4.69) is 40.3 Å². The van der Waals surface area contributed by atoms with E-state index in [0.717, 1.165) is 41.6 Å². The van der Waals surface area contributed by atoms with Crippen molar-refractivity contribution in [3.63, 3.8) is 0 Å². The van der Waals surface area contributed by atoms with Crippen LogP contribution in [0.15, 0.2) is 57.7 Å².